The van der Waals surface area contributed by atoms with Crippen LogP contribution < -0.4 is 0 Å². The SMILES string of the molecule is C=C1c2ccc(Cc3ccc(C4CCCC[C@H]4CC)cc3)cc2CCC1c1c(C)cccc1CC. The van der Waals surface area contributed by atoms with Crippen LogP contribution in [0.25, 0.3) is 5.57 Å². The first-order chi connectivity index (χ1) is 17.1. The van der Waals surface area contributed by atoms with Gasteiger partial charge in [0.05, 0.1) is 0 Å². The van der Waals surface area contributed by atoms with Gasteiger partial charge in [0.25, 0.3) is 0 Å². The summed E-state index contributed by atoms with van der Waals surface area (Å²) in [5, 5.41) is 0. The molecular formula is C35H42. The van der Waals surface area contributed by atoms with Crippen LogP contribution in [0.15, 0.2) is 67.2 Å². The second-order valence-electron chi connectivity index (χ2n) is 11.1. The van der Waals surface area contributed by atoms with E-state index in [1.54, 1.807) is 5.56 Å². The zero-order valence-corrected chi connectivity index (χ0v) is 22.1. The fraction of sp³-hybridized carbons (Fsp3) is 0.429. The van der Waals surface area contributed by atoms with Crippen molar-refractivity contribution in [3.05, 3.63) is 112 Å². The third-order valence-corrected chi connectivity index (χ3v) is 9.03. The van der Waals surface area contributed by atoms with Crippen molar-refractivity contribution < 1.29 is 0 Å². The Hall–Kier alpha value is -2.60. The van der Waals surface area contributed by atoms with Crippen LogP contribution in [-0.4, -0.2) is 0 Å². The molecule has 182 valence electrons. The summed E-state index contributed by atoms with van der Waals surface area (Å²) in [6.07, 6.45) is 11.3. The number of benzene rings is 3. The lowest BCUT2D eigenvalue weighted by Gasteiger charge is -2.31. The van der Waals surface area contributed by atoms with E-state index in [9.17, 15) is 0 Å². The monoisotopic (exact) mass is 462 g/mol. The van der Waals surface area contributed by atoms with Gasteiger partial charge in [0, 0.05) is 5.92 Å². The summed E-state index contributed by atoms with van der Waals surface area (Å²) >= 11 is 0. The zero-order chi connectivity index (χ0) is 24.4. The molecule has 0 amide bonds. The fourth-order valence-electron chi connectivity index (χ4n) is 7.06. The average Bonchev–Trinajstić information content (AvgIpc) is 2.89. The summed E-state index contributed by atoms with van der Waals surface area (Å²) < 4.78 is 0. The third-order valence-electron chi connectivity index (χ3n) is 9.03. The van der Waals surface area contributed by atoms with Gasteiger partial charge in [-0.1, -0.05) is 100 Å². The molecule has 3 atom stereocenters. The van der Waals surface area contributed by atoms with Gasteiger partial charge in [0.1, 0.15) is 0 Å². The highest BCUT2D eigenvalue weighted by Crippen LogP contribution is 2.43. The molecule has 0 saturated heterocycles. The van der Waals surface area contributed by atoms with Crippen molar-refractivity contribution in [2.75, 3.05) is 0 Å². The molecule has 0 heterocycles. The molecule has 0 radical (unpaired) electrons. The summed E-state index contributed by atoms with van der Waals surface area (Å²) in [5.41, 5.74) is 13.0. The molecule has 0 aromatic heterocycles. The van der Waals surface area contributed by atoms with Gasteiger partial charge >= 0.3 is 0 Å². The van der Waals surface area contributed by atoms with Gasteiger partial charge in [-0.15, -0.1) is 0 Å². The summed E-state index contributed by atoms with van der Waals surface area (Å²) in [5.74, 6) is 2.09. The first-order valence-corrected chi connectivity index (χ1v) is 14.1. The van der Waals surface area contributed by atoms with Gasteiger partial charge in [0.2, 0.25) is 0 Å². The van der Waals surface area contributed by atoms with E-state index < -0.39 is 0 Å². The van der Waals surface area contributed by atoms with Crippen LogP contribution in [0.4, 0.5) is 0 Å². The first-order valence-electron chi connectivity index (χ1n) is 14.1. The summed E-state index contributed by atoms with van der Waals surface area (Å²) in [7, 11) is 0. The number of fused-ring (bicyclic) bond motifs is 1. The molecule has 2 aliphatic rings. The number of rotatable bonds is 6. The van der Waals surface area contributed by atoms with Crippen molar-refractivity contribution in [1.82, 2.24) is 0 Å². The maximum atomic E-state index is 4.61. The third kappa shape index (κ3) is 4.90. The predicted octanol–water partition coefficient (Wildman–Crippen LogP) is 9.58. The number of allylic oxidation sites excluding steroid dienone is 1. The Morgan fingerprint density at radius 3 is 2.40 bits per heavy atom. The van der Waals surface area contributed by atoms with Gasteiger partial charge in [-0.25, -0.2) is 0 Å². The van der Waals surface area contributed by atoms with Crippen molar-refractivity contribution in [3.63, 3.8) is 0 Å². The average molecular weight is 463 g/mol. The minimum atomic E-state index is 0.448. The second kappa shape index (κ2) is 10.6. The van der Waals surface area contributed by atoms with E-state index in [1.807, 2.05) is 0 Å². The molecule has 0 aliphatic heterocycles. The largest absolute Gasteiger partial charge is 0.0946 e. The molecule has 0 N–H and O–H groups in total. The highest BCUT2D eigenvalue weighted by Gasteiger charge is 2.27. The Bertz CT molecular complexity index is 1180. The Labute approximate surface area is 213 Å². The molecule has 0 heteroatoms. The smallest absolute Gasteiger partial charge is 0.00980 e. The standard InChI is InChI=1S/C35H42/c1-5-28-11-7-8-13-34(28)30-17-14-26(15-18-30)22-27-16-20-32-25(4)33(21-19-31(32)23-27)35-24(3)10-9-12-29(35)6-2/h9-10,12,14-18,20,23,28,33-34H,4-8,11,13,19,21-22H2,1-3H3/t28-,33?,34?/m1/s1. The molecule has 3 aromatic rings. The lowest BCUT2D eigenvalue weighted by atomic mass is 9.73. The van der Waals surface area contributed by atoms with E-state index >= 15 is 0 Å². The van der Waals surface area contributed by atoms with Crippen LogP contribution in [0.3, 0.4) is 0 Å². The van der Waals surface area contributed by atoms with E-state index in [4.69, 9.17) is 0 Å². The van der Waals surface area contributed by atoms with Gasteiger partial charge in [-0.3, -0.25) is 0 Å². The molecule has 0 bridgehead atoms. The van der Waals surface area contributed by atoms with Crippen LogP contribution in [0.1, 0.15) is 109 Å². The Morgan fingerprint density at radius 2 is 1.63 bits per heavy atom. The molecule has 2 unspecified atom stereocenters. The lowest BCUT2D eigenvalue weighted by molar-refractivity contribution is 0.299. The van der Waals surface area contributed by atoms with Crippen molar-refractivity contribution in [3.8, 4) is 0 Å². The fourth-order valence-corrected chi connectivity index (χ4v) is 7.06. The zero-order valence-electron chi connectivity index (χ0n) is 22.1. The topological polar surface area (TPSA) is 0 Å². The van der Waals surface area contributed by atoms with E-state index in [0.717, 1.165) is 31.1 Å². The van der Waals surface area contributed by atoms with Crippen LogP contribution in [0.2, 0.25) is 0 Å². The maximum absolute atomic E-state index is 4.61. The number of hydrogen-bond donors (Lipinski definition) is 0. The van der Waals surface area contributed by atoms with Gasteiger partial charge in [-0.2, -0.15) is 0 Å². The molecule has 1 saturated carbocycles. The molecule has 0 spiro atoms. The first kappa shape index (κ1) is 24.1. The highest BCUT2D eigenvalue weighted by atomic mass is 14.3. The molecule has 3 aromatic carbocycles. The van der Waals surface area contributed by atoms with Crippen LogP contribution in [-0.2, 0) is 19.3 Å². The molecule has 35 heavy (non-hydrogen) atoms. The van der Waals surface area contributed by atoms with Crippen molar-refractivity contribution in [2.45, 2.75) is 90.4 Å². The predicted molar refractivity (Wildman–Crippen MR) is 151 cm³/mol. The summed E-state index contributed by atoms with van der Waals surface area (Å²) in [4.78, 5) is 0. The Kier molecular flexibility index (Phi) is 7.28. The number of aryl methyl sites for hydroxylation is 3. The van der Waals surface area contributed by atoms with E-state index in [1.165, 1.54) is 83.0 Å². The van der Waals surface area contributed by atoms with E-state index in [-0.39, 0.29) is 0 Å². The second-order valence-corrected chi connectivity index (χ2v) is 11.1. The van der Waals surface area contributed by atoms with E-state index in [2.05, 4.69) is 88.0 Å². The molecule has 1 fully saturated rings. The normalized spacial score (nSPS) is 22.1. The Morgan fingerprint density at radius 1 is 0.857 bits per heavy atom. The van der Waals surface area contributed by atoms with Gasteiger partial charge in [0.15, 0.2) is 0 Å². The lowest BCUT2D eigenvalue weighted by Crippen LogP contribution is -2.17. The minimum Gasteiger partial charge on any atom is -0.0946 e. The van der Waals surface area contributed by atoms with Crippen LogP contribution in [0.5, 0.6) is 0 Å². The molecule has 5 rings (SSSR count). The van der Waals surface area contributed by atoms with Crippen LogP contribution in [0, 0.1) is 12.8 Å². The van der Waals surface area contributed by atoms with Crippen molar-refractivity contribution >= 4 is 5.57 Å². The quantitative estimate of drug-likeness (QED) is 0.342. The summed E-state index contributed by atoms with van der Waals surface area (Å²) in [6.45, 7) is 11.5. The van der Waals surface area contributed by atoms with Gasteiger partial charge in [-0.05, 0) is 107 Å². The molecular weight excluding hydrogens is 420 g/mol. The van der Waals surface area contributed by atoms with Crippen molar-refractivity contribution in [1.29, 1.82) is 0 Å². The van der Waals surface area contributed by atoms with Gasteiger partial charge < -0.3 is 0 Å². The molecule has 2 aliphatic carbocycles. The Balaban J connectivity index is 1.32. The summed E-state index contributed by atoms with van der Waals surface area (Å²) in [6, 6.07) is 23.5. The molecule has 0 nitrogen and oxygen atoms in total. The minimum absolute atomic E-state index is 0.448. The maximum Gasteiger partial charge on any atom is 0.00980 e. The number of hydrogen-bond acceptors (Lipinski definition) is 0. The highest BCUT2D eigenvalue weighted by molar-refractivity contribution is 5.75. The van der Waals surface area contributed by atoms with Crippen molar-refractivity contribution in [2.24, 2.45) is 5.92 Å². The van der Waals surface area contributed by atoms with Crippen LogP contribution >= 0.6 is 0 Å². The van der Waals surface area contributed by atoms with E-state index in [0.29, 0.717) is 5.92 Å².